The van der Waals surface area contributed by atoms with Gasteiger partial charge < -0.3 is 11.1 Å². The Hall–Kier alpha value is -2.02. The van der Waals surface area contributed by atoms with Crippen LogP contribution in [0.4, 0.5) is 5.69 Å². The van der Waals surface area contributed by atoms with Gasteiger partial charge in [0.25, 0.3) is 0 Å². The maximum Gasteiger partial charge on any atom is 0.0991 e. The van der Waals surface area contributed by atoms with E-state index in [1.165, 1.54) is 16.7 Å². The zero-order chi connectivity index (χ0) is 15.3. The van der Waals surface area contributed by atoms with Crippen molar-refractivity contribution in [1.29, 1.82) is 5.26 Å². The first kappa shape index (κ1) is 13.6. The van der Waals surface area contributed by atoms with E-state index in [4.69, 9.17) is 22.6 Å². The van der Waals surface area contributed by atoms with Crippen LogP contribution < -0.4 is 11.1 Å². The Morgan fingerprint density at radius 1 is 1.14 bits per heavy atom. The minimum absolute atomic E-state index is 0.101. The van der Waals surface area contributed by atoms with Crippen LogP contribution in [0.5, 0.6) is 0 Å². The second-order valence-corrected chi connectivity index (χ2v) is 6.48. The number of rotatable bonds is 1. The number of hydrogen-bond donors (Lipinski definition) is 2. The first-order valence-corrected chi connectivity index (χ1v) is 7.91. The minimum atomic E-state index is 0.101. The predicted molar refractivity (Wildman–Crippen MR) is 87.9 cm³/mol. The van der Waals surface area contributed by atoms with Gasteiger partial charge in [-0.1, -0.05) is 29.8 Å². The van der Waals surface area contributed by atoms with E-state index in [-0.39, 0.29) is 12.1 Å². The van der Waals surface area contributed by atoms with Gasteiger partial charge in [-0.15, -0.1) is 0 Å². The fraction of sp³-hybridized carbons (Fsp3) is 0.278. The molecule has 2 aromatic rings. The van der Waals surface area contributed by atoms with E-state index in [9.17, 15) is 0 Å². The lowest BCUT2D eigenvalue weighted by atomic mass is 9.77. The number of anilines is 1. The van der Waals surface area contributed by atoms with E-state index in [2.05, 4.69) is 17.5 Å². The van der Waals surface area contributed by atoms with Crippen molar-refractivity contribution in [2.24, 2.45) is 5.73 Å². The molecule has 1 aliphatic carbocycles. The Balaban J connectivity index is 1.79. The van der Waals surface area contributed by atoms with E-state index < -0.39 is 0 Å². The van der Waals surface area contributed by atoms with Crippen molar-refractivity contribution in [2.45, 2.75) is 30.8 Å². The summed E-state index contributed by atoms with van der Waals surface area (Å²) in [6.07, 6.45) is 2.05. The molecule has 3 atom stereocenters. The van der Waals surface area contributed by atoms with Crippen molar-refractivity contribution in [3.8, 4) is 6.07 Å². The SMILES string of the molecule is N#Cc1ccc(C2Nc3c(Cl)ccc4c3C2CCC4N)cc1. The number of nitrogens with two attached hydrogens (primary N) is 1. The molecule has 0 aromatic heterocycles. The van der Waals surface area contributed by atoms with Crippen molar-refractivity contribution in [3.05, 3.63) is 63.7 Å². The third-order valence-electron chi connectivity index (χ3n) is 4.89. The number of benzene rings is 2. The van der Waals surface area contributed by atoms with E-state index in [1.54, 1.807) is 0 Å². The zero-order valence-electron chi connectivity index (χ0n) is 12.0. The van der Waals surface area contributed by atoms with Crippen LogP contribution in [0.2, 0.25) is 5.02 Å². The number of nitrogens with zero attached hydrogens (tertiary/aromatic N) is 1. The first-order valence-electron chi connectivity index (χ1n) is 7.53. The molecule has 3 nitrogen and oxygen atoms in total. The highest BCUT2D eigenvalue weighted by Crippen LogP contribution is 2.54. The van der Waals surface area contributed by atoms with Gasteiger partial charge in [0.05, 0.1) is 28.4 Å². The van der Waals surface area contributed by atoms with Crippen molar-refractivity contribution >= 4 is 17.3 Å². The van der Waals surface area contributed by atoms with Crippen molar-refractivity contribution < 1.29 is 0 Å². The highest BCUT2D eigenvalue weighted by molar-refractivity contribution is 6.33. The summed E-state index contributed by atoms with van der Waals surface area (Å²) in [6, 6.07) is 14.3. The molecule has 2 aliphatic rings. The Labute approximate surface area is 134 Å². The second-order valence-electron chi connectivity index (χ2n) is 6.07. The summed E-state index contributed by atoms with van der Waals surface area (Å²) in [5, 5.41) is 13.3. The van der Waals surface area contributed by atoms with Crippen molar-refractivity contribution in [2.75, 3.05) is 5.32 Å². The van der Waals surface area contributed by atoms with E-state index >= 15 is 0 Å². The van der Waals surface area contributed by atoms with Gasteiger partial charge in [-0.2, -0.15) is 5.26 Å². The van der Waals surface area contributed by atoms with E-state index in [1.807, 2.05) is 30.3 Å². The van der Waals surface area contributed by atoms with Gasteiger partial charge >= 0.3 is 0 Å². The summed E-state index contributed by atoms with van der Waals surface area (Å²) < 4.78 is 0. The molecule has 0 amide bonds. The largest absolute Gasteiger partial charge is 0.376 e. The Kier molecular flexibility index (Phi) is 3.11. The van der Waals surface area contributed by atoms with Crippen LogP contribution >= 0.6 is 11.6 Å². The van der Waals surface area contributed by atoms with Gasteiger partial charge in [0.1, 0.15) is 0 Å². The van der Waals surface area contributed by atoms with Crippen molar-refractivity contribution in [1.82, 2.24) is 0 Å². The Morgan fingerprint density at radius 3 is 2.64 bits per heavy atom. The smallest absolute Gasteiger partial charge is 0.0991 e. The summed E-state index contributed by atoms with van der Waals surface area (Å²) >= 11 is 6.39. The molecular weight excluding hydrogens is 294 g/mol. The molecule has 1 heterocycles. The second kappa shape index (κ2) is 5.01. The average molecular weight is 310 g/mol. The summed E-state index contributed by atoms with van der Waals surface area (Å²) in [5.74, 6) is 0.399. The number of hydrogen-bond acceptors (Lipinski definition) is 3. The van der Waals surface area contributed by atoms with Gasteiger partial charge in [0, 0.05) is 12.0 Å². The van der Waals surface area contributed by atoms with Crippen molar-refractivity contribution in [3.63, 3.8) is 0 Å². The maximum atomic E-state index is 8.95. The summed E-state index contributed by atoms with van der Waals surface area (Å²) in [4.78, 5) is 0. The standard InChI is InChI=1S/C18H16ClN3/c19-14-7-5-12-15(21)8-6-13-16(12)18(14)22-17(13)11-3-1-10(9-20)2-4-11/h1-5,7,13,15,17,22H,6,8,21H2. The molecule has 0 saturated carbocycles. The fourth-order valence-electron chi connectivity index (χ4n) is 3.81. The van der Waals surface area contributed by atoms with Gasteiger partial charge in [-0.05, 0) is 47.7 Å². The minimum Gasteiger partial charge on any atom is -0.376 e. The molecule has 0 bridgehead atoms. The molecule has 0 spiro atoms. The third kappa shape index (κ3) is 1.92. The normalized spacial score (nSPS) is 25.2. The van der Waals surface area contributed by atoms with Crippen LogP contribution in [-0.4, -0.2) is 0 Å². The monoisotopic (exact) mass is 309 g/mol. The van der Waals surface area contributed by atoms with E-state index in [0.29, 0.717) is 11.5 Å². The predicted octanol–water partition coefficient (Wildman–Crippen LogP) is 4.26. The van der Waals surface area contributed by atoms with Gasteiger partial charge in [0.2, 0.25) is 0 Å². The molecule has 0 fully saturated rings. The van der Waals surface area contributed by atoms with Crippen LogP contribution in [0.1, 0.15) is 53.1 Å². The number of nitriles is 1. The Bertz CT molecular complexity index is 776. The lowest BCUT2D eigenvalue weighted by Crippen LogP contribution is -2.21. The van der Waals surface area contributed by atoms with Crippen LogP contribution in [0, 0.1) is 11.3 Å². The summed E-state index contributed by atoms with van der Waals surface area (Å²) in [5.41, 5.74) is 11.7. The molecule has 3 unspecified atom stereocenters. The van der Waals surface area contributed by atoms with Gasteiger partial charge in [-0.25, -0.2) is 0 Å². The van der Waals surface area contributed by atoms with E-state index in [0.717, 1.165) is 23.6 Å². The maximum absolute atomic E-state index is 8.95. The quantitative estimate of drug-likeness (QED) is 0.827. The average Bonchev–Trinajstić information content (AvgIpc) is 2.94. The molecular formula is C18H16ClN3. The van der Waals surface area contributed by atoms with Gasteiger partial charge in [-0.3, -0.25) is 0 Å². The topological polar surface area (TPSA) is 61.8 Å². The molecule has 1 aliphatic heterocycles. The molecule has 2 aromatic carbocycles. The number of nitrogens with one attached hydrogen (secondary N) is 1. The molecule has 4 heteroatoms. The van der Waals surface area contributed by atoms with Gasteiger partial charge in [0.15, 0.2) is 0 Å². The lowest BCUT2D eigenvalue weighted by Gasteiger charge is -2.29. The molecule has 110 valence electrons. The van der Waals surface area contributed by atoms with Crippen LogP contribution in [-0.2, 0) is 0 Å². The molecule has 0 radical (unpaired) electrons. The van der Waals surface area contributed by atoms with Crippen LogP contribution in [0.3, 0.4) is 0 Å². The Morgan fingerprint density at radius 2 is 1.91 bits per heavy atom. The fourth-order valence-corrected chi connectivity index (χ4v) is 4.03. The zero-order valence-corrected chi connectivity index (χ0v) is 12.8. The summed E-state index contributed by atoms with van der Waals surface area (Å²) in [7, 11) is 0. The van der Waals surface area contributed by atoms with Crippen LogP contribution in [0.15, 0.2) is 36.4 Å². The molecule has 0 saturated heterocycles. The summed E-state index contributed by atoms with van der Waals surface area (Å²) in [6.45, 7) is 0. The molecule has 3 N–H and O–H groups in total. The molecule has 4 rings (SSSR count). The first-order chi connectivity index (χ1) is 10.7. The third-order valence-corrected chi connectivity index (χ3v) is 5.20. The van der Waals surface area contributed by atoms with Crippen LogP contribution in [0.25, 0.3) is 0 Å². The lowest BCUT2D eigenvalue weighted by molar-refractivity contribution is 0.471. The molecule has 22 heavy (non-hydrogen) atoms. The highest BCUT2D eigenvalue weighted by atomic mass is 35.5. The number of halogens is 1. The highest BCUT2D eigenvalue weighted by Gasteiger charge is 2.39.